The number of halogens is 2. The van der Waals surface area contributed by atoms with Crippen molar-refractivity contribution in [3.05, 3.63) is 60.1 Å². The van der Waals surface area contributed by atoms with Gasteiger partial charge in [0.1, 0.15) is 11.4 Å². The molecule has 0 unspecified atom stereocenters. The van der Waals surface area contributed by atoms with Crippen LogP contribution < -0.4 is 0 Å². The van der Waals surface area contributed by atoms with Crippen LogP contribution in [0.1, 0.15) is 5.56 Å². The van der Waals surface area contributed by atoms with Gasteiger partial charge in [0.25, 0.3) is 5.69 Å². The lowest BCUT2D eigenvalue weighted by molar-refractivity contribution is -0.384. The van der Waals surface area contributed by atoms with Gasteiger partial charge in [-0.2, -0.15) is 0 Å². The van der Waals surface area contributed by atoms with Crippen LogP contribution in [-0.4, -0.2) is 16.2 Å². The van der Waals surface area contributed by atoms with Crippen LogP contribution in [0.2, 0.25) is 0 Å². The van der Waals surface area contributed by atoms with E-state index in [1.54, 1.807) is 30.3 Å². The lowest BCUT2D eigenvalue weighted by atomic mass is 10.2. The second kappa shape index (κ2) is 6.31. The third-order valence-electron chi connectivity index (χ3n) is 2.48. The molecule has 2 aromatic rings. The molecule has 102 valence electrons. The summed E-state index contributed by atoms with van der Waals surface area (Å²) in [5, 5.41) is 20.8. The predicted molar refractivity (Wildman–Crippen MR) is 88.9 cm³/mol. The Bertz CT molecular complexity index is 704. The number of benzene rings is 2. The molecule has 0 fully saturated rings. The van der Waals surface area contributed by atoms with E-state index in [2.05, 4.69) is 20.9 Å². The van der Waals surface area contributed by atoms with Crippen molar-refractivity contribution in [2.45, 2.75) is 0 Å². The average Bonchev–Trinajstić information content (AvgIpc) is 2.41. The predicted octanol–water partition coefficient (Wildman–Crippen LogP) is 4.42. The van der Waals surface area contributed by atoms with E-state index in [9.17, 15) is 15.2 Å². The van der Waals surface area contributed by atoms with Gasteiger partial charge in [-0.3, -0.25) is 10.1 Å². The molecular weight excluding hydrogens is 439 g/mol. The van der Waals surface area contributed by atoms with Gasteiger partial charge in [0.2, 0.25) is 0 Å². The molecule has 0 aliphatic carbocycles. The van der Waals surface area contributed by atoms with Gasteiger partial charge in [0, 0.05) is 22.3 Å². The molecule has 0 radical (unpaired) electrons. The van der Waals surface area contributed by atoms with E-state index in [0.29, 0.717) is 9.13 Å². The number of aliphatic imine (C=N–C) groups is 1. The summed E-state index contributed by atoms with van der Waals surface area (Å²) in [6, 6.07) is 9.64. The number of nitro groups is 1. The van der Waals surface area contributed by atoms with Gasteiger partial charge in [0.15, 0.2) is 0 Å². The Balaban J connectivity index is 2.42. The van der Waals surface area contributed by atoms with Crippen LogP contribution in [-0.2, 0) is 0 Å². The van der Waals surface area contributed by atoms with Gasteiger partial charge < -0.3 is 5.11 Å². The van der Waals surface area contributed by atoms with Crippen molar-refractivity contribution >= 4 is 56.1 Å². The normalized spacial score (nSPS) is 10.9. The molecule has 0 aliphatic rings. The van der Waals surface area contributed by atoms with Crippen molar-refractivity contribution in [2.24, 2.45) is 4.99 Å². The number of nitrogens with zero attached hydrogens (tertiary/aromatic N) is 2. The molecule has 0 bridgehead atoms. The molecule has 2 rings (SSSR count). The number of hydrogen-bond acceptors (Lipinski definition) is 4. The van der Waals surface area contributed by atoms with Crippen molar-refractivity contribution in [1.82, 2.24) is 0 Å². The topological polar surface area (TPSA) is 75.7 Å². The molecular formula is C13H8BrIN2O3. The SMILES string of the molecule is O=[N+]([O-])c1ccccc1N=Cc1cc(Br)cc(I)c1O. The molecule has 0 spiro atoms. The number of nitro benzene ring substituents is 1. The van der Waals surface area contributed by atoms with Crippen molar-refractivity contribution in [2.75, 3.05) is 0 Å². The van der Waals surface area contributed by atoms with Crippen molar-refractivity contribution in [1.29, 1.82) is 0 Å². The zero-order chi connectivity index (χ0) is 14.7. The van der Waals surface area contributed by atoms with Crippen LogP contribution >= 0.6 is 38.5 Å². The Morgan fingerprint density at radius 3 is 2.75 bits per heavy atom. The van der Waals surface area contributed by atoms with Crippen molar-refractivity contribution < 1.29 is 10.0 Å². The zero-order valence-corrected chi connectivity index (χ0v) is 13.7. The first-order valence-corrected chi connectivity index (χ1v) is 7.31. The first kappa shape index (κ1) is 14.9. The molecule has 0 saturated carbocycles. The van der Waals surface area contributed by atoms with Gasteiger partial charge in [0.05, 0.1) is 8.49 Å². The maximum absolute atomic E-state index is 10.9. The zero-order valence-electron chi connectivity index (χ0n) is 9.96. The second-order valence-electron chi connectivity index (χ2n) is 3.83. The highest BCUT2D eigenvalue weighted by molar-refractivity contribution is 14.1. The average molecular weight is 447 g/mol. The minimum absolute atomic E-state index is 0.0760. The van der Waals surface area contributed by atoms with Gasteiger partial charge >= 0.3 is 0 Å². The van der Waals surface area contributed by atoms with E-state index in [1.807, 2.05) is 22.6 Å². The summed E-state index contributed by atoms with van der Waals surface area (Å²) in [4.78, 5) is 14.5. The number of hydrogen-bond donors (Lipinski definition) is 1. The third kappa shape index (κ3) is 3.34. The molecule has 20 heavy (non-hydrogen) atoms. The van der Waals surface area contributed by atoms with Gasteiger partial charge in [-0.1, -0.05) is 28.1 Å². The summed E-state index contributed by atoms with van der Waals surface area (Å²) in [6.45, 7) is 0. The molecule has 2 aromatic carbocycles. The molecule has 0 aliphatic heterocycles. The Hall–Kier alpha value is -1.48. The molecule has 0 amide bonds. The van der Waals surface area contributed by atoms with Crippen LogP contribution in [0.15, 0.2) is 45.9 Å². The summed E-state index contributed by atoms with van der Waals surface area (Å²) in [7, 11) is 0. The molecule has 1 N–H and O–H groups in total. The van der Waals surface area contributed by atoms with Crippen LogP contribution in [0, 0.1) is 13.7 Å². The van der Waals surface area contributed by atoms with E-state index in [-0.39, 0.29) is 17.1 Å². The highest BCUT2D eigenvalue weighted by Gasteiger charge is 2.11. The maximum atomic E-state index is 10.9. The Morgan fingerprint density at radius 2 is 2.05 bits per heavy atom. The van der Waals surface area contributed by atoms with Crippen LogP contribution in [0.25, 0.3) is 0 Å². The first-order chi connectivity index (χ1) is 9.49. The fourth-order valence-corrected chi connectivity index (χ4v) is 3.10. The minimum atomic E-state index is -0.489. The Kier molecular flexibility index (Phi) is 4.71. The fraction of sp³-hybridized carbons (Fsp3) is 0. The lowest BCUT2D eigenvalue weighted by Gasteiger charge is -2.03. The molecule has 5 nitrogen and oxygen atoms in total. The quantitative estimate of drug-likeness (QED) is 0.328. The van der Waals surface area contributed by atoms with Gasteiger partial charge in [-0.15, -0.1) is 0 Å². The number of phenolic OH excluding ortho intramolecular Hbond substituents is 1. The van der Waals surface area contributed by atoms with Crippen LogP contribution in [0.3, 0.4) is 0 Å². The smallest absolute Gasteiger partial charge is 0.294 e. The summed E-state index contributed by atoms with van der Waals surface area (Å²) >= 11 is 5.32. The summed E-state index contributed by atoms with van der Waals surface area (Å²) in [5.74, 6) is 0.0936. The van der Waals surface area contributed by atoms with Crippen LogP contribution in [0.5, 0.6) is 5.75 Å². The number of phenols is 1. The number of para-hydroxylation sites is 2. The van der Waals surface area contributed by atoms with Crippen LogP contribution in [0.4, 0.5) is 11.4 Å². The molecule has 0 aromatic heterocycles. The number of rotatable bonds is 3. The highest BCUT2D eigenvalue weighted by Crippen LogP contribution is 2.30. The largest absolute Gasteiger partial charge is 0.506 e. The molecule has 0 heterocycles. The maximum Gasteiger partial charge on any atom is 0.294 e. The molecule has 0 saturated heterocycles. The highest BCUT2D eigenvalue weighted by atomic mass is 127. The van der Waals surface area contributed by atoms with E-state index < -0.39 is 4.92 Å². The van der Waals surface area contributed by atoms with Gasteiger partial charge in [-0.05, 0) is 40.8 Å². The van der Waals surface area contributed by atoms with E-state index >= 15 is 0 Å². The third-order valence-corrected chi connectivity index (χ3v) is 3.76. The van der Waals surface area contributed by atoms with Crippen molar-refractivity contribution in [3.8, 4) is 5.75 Å². The first-order valence-electron chi connectivity index (χ1n) is 5.44. The monoisotopic (exact) mass is 446 g/mol. The summed E-state index contributed by atoms with van der Waals surface area (Å²) in [5.41, 5.74) is 0.654. The number of aromatic hydroxyl groups is 1. The Labute approximate surface area is 136 Å². The second-order valence-corrected chi connectivity index (χ2v) is 5.91. The van der Waals surface area contributed by atoms with E-state index in [4.69, 9.17) is 0 Å². The molecule has 7 heteroatoms. The summed E-state index contributed by atoms with van der Waals surface area (Å²) < 4.78 is 1.46. The standard InChI is InChI=1S/C13H8BrIN2O3/c14-9-5-8(13(18)10(15)6-9)7-16-11-3-1-2-4-12(11)17(19)20/h1-7,18H. The van der Waals surface area contributed by atoms with E-state index in [0.717, 1.165) is 4.47 Å². The Morgan fingerprint density at radius 1 is 1.35 bits per heavy atom. The summed E-state index contributed by atoms with van der Waals surface area (Å²) in [6.07, 6.45) is 1.41. The fourth-order valence-electron chi connectivity index (χ4n) is 1.55. The molecule has 0 atom stereocenters. The van der Waals surface area contributed by atoms with E-state index in [1.165, 1.54) is 12.3 Å². The van der Waals surface area contributed by atoms with Crippen molar-refractivity contribution in [3.63, 3.8) is 0 Å². The van der Waals surface area contributed by atoms with Gasteiger partial charge in [-0.25, -0.2) is 4.99 Å². The minimum Gasteiger partial charge on any atom is -0.506 e. The lowest BCUT2D eigenvalue weighted by Crippen LogP contribution is -1.89.